The standard InChI is InChI=1S/C13H24N2O3/c1-8(2)12(14-9(3)16)13(18)15-10-4-6-11(17)7-5-10/h8,10-12,17H,4-7H2,1-3H3,(H,14,16)(H,15,18). The number of hydrogen-bond acceptors (Lipinski definition) is 3. The lowest BCUT2D eigenvalue weighted by molar-refractivity contribution is -0.129. The lowest BCUT2D eigenvalue weighted by Crippen LogP contribution is -2.52. The van der Waals surface area contributed by atoms with Crippen molar-refractivity contribution in [2.24, 2.45) is 5.92 Å². The quantitative estimate of drug-likeness (QED) is 0.688. The van der Waals surface area contributed by atoms with E-state index in [9.17, 15) is 14.7 Å². The summed E-state index contributed by atoms with van der Waals surface area (Å²) in [4.78, 5) is 23.2. The SMILES string of the molecule is CC(=O)NC(C(=O)NC1CCC(O)CC1)C(C)C. The zero-order valence-electron chi connectivity index (χ0n) is 11.4. The van der Waals surface area contributed by atoms with Gasteiger partial charge in [0.1, 0.15) is 6.04 Å². The first kappa shape index (κ1) is 15.0. The largest absolute Gasteiger partial charge is 0.393 e. The fraction of sp³-hybridized carbons (Fsp3) is 0.846. The Balaban J connectivity index is 2.48. The Labute approximate surface area is 108 Å². The van der Waals surface area contributed by atoms with Gasteiger partial charge in [-0.2, -0.15) is 0 Å². The summed E-state index contributed by atoms with van der Waals surface area (Å²) in [5.74, 6) is -0.257. The monoisotopic (exact) mass is 256 g/mol. The molecular formula is C13H24N2O3. The van der Waals surface area contributed by atoms with E-state index in [0.29, 0.717) is 0 Å². The number of nitrogens with one attached hydrogen (secondary N) is 2. The lowest BCUT2D eigenvalue weighted by atomic mass is 9.92. The molecule has 0 aromatic heterocycles. The van der Waals surface area contributed by atoms with E-state index in [-0.39, 0.29) is 29.9 Å². The minimum absolute atomic E-state index is 0.0584. The van der Waals surface area contributed by atoms with Crippen LogP contribution in [0.5, 0.6) is 0 Å². The molecule has 104 valence electrons. The van der Waals surface area contributed by atoms with Gasteiger partial charge in [0.15, 0.2) is 0 Å². The molecule has 3 N–H and O–H groups in total. The second kappa shape index (κ2) is 6.73. The maximum atomic E-state index is 12.1. The topological polar surface area (TPSA) is 78.4 Å². The lowest BCUT2D eigenvalue weighted by Gasteiger charge is -2.29. The molecule has 0 aliphatic heterocycles. The van der Waals surface area contributed by atoms with Gasteiger partial charge in [-0.25, -0.2) is 0 Å². The number of aliphatic hydroxyl groups is 1. The minimum atomic E-state index is -0.477. The van der Waals surface area contributed by atoms with Crippen molar-refractivity contribution in [1.82, 2.24) is 10.6 Å². The fourth-order valence-electron chi connectivity index (χ4n) is 2.27. The molecule has 18 heavy (non-hydrogen) atoms. The highest BCUT2D eigenvalue weighted by molar-refractivity contribution is 5.87. The summed E-state index contributed by atoms with van der Waals surface area (Å²) in [6.07, 6.45) is 2.85. The summed E-state index contributed by atoms with van der Waals surface area (Å²) in [5, 5.41) is 15.0. The van der Waals surface area contributed by atoms with Gasteiger partial charge in [0.25, 0.3) is 0 Å². The van der Waals surface area contributed by atoms with E-state index in [4.69, 9.17) is 0 Å². The predicted molar refractivity (Wildman–Crippen MR) is 68.8 cm³/mol. The Morgan fingerprint density at radius 2 is 1.72 bits per heavy atom. The number of aliphatic hydroxyl groups excluding tert-OH is 1. The summed E-state index contributed by atoms with van der Waals surface area (Å²) in [7, 11) is 0. The molecule has 0 bridgehead atoms. The summed E-state index contributed by atoms with van der Waals surface area (Å²) in [6, 6.07) is -0.356. The van der Waals surface area contributed by atoms with Crippen LogP contribution in [0.4, 0.5) is 0 Å². The second-order valence-electron chi connectivity index (χ2n) is 5.44. The van der Waals surface area contributed by atoms with Crippen LogP contribution in [0.2, 0.25) is 0 Å². The van der Waals surface area contributed by atoms with E-state index in [2.05, 4.69) is 10.6 Å². The third-order valence-corrected chi connectivity index (χ3v) is 3.35. The maximum Gasteiger partial charge on any atom is 0.243 e. The van der Waals surface area contributed by atoms with Crippen molar-refractivity contribution < 1.29 is 14.7 Å². The Kier molecular flexibility index (Phi) is 5.59. The molecule has 0 spiro atoms. The smallest absolute Gasteiger partial charge is 0.243 e. The Morgan fingerprint density at radius 1 is 1.17 bits per heavy atom. The van der Waals surface area contributed by atoms with Crippen molar-refractivity contribution in [2.45, 2.75) is 64.6 Å². The fourth-order valence-corrected chi connectivity index (χ4v) is 2.27. The van der Waals surface area contributed by atoms with Crippen LogP contribution in [-0.2, 0) is 9.59 Å². The zero-order chi connectivity index (χ0) is 13.7. The zero-order valence-corrected chi connectivity index (χ0v) is 11.4. The maximum absolute atomic E-state index is 12.1. The van der Waals surface area contributed by atoms with Gasteiger partial charge in [-0.1, -0.05) is 13.8 Å². The van der Waals surface area contributed by atoms with Crippen LogP contribution >= 0.6 is 0 Å². The highest BCUT2D eigenvalue weighted by Crippen LogP contribution is 2.18. The highest BCUT2D eigenvalue weighted by atomic mass is 16.3. The van der Waals surface area contributed by atoms with Crippen LogP contribution in [-0.4, -0.2) is 35.1 Å². The molecule has 1 aliphatic carbocycles. The van der Waals surface area contributed by atoms with Gasteiger partial charge in [-0.3, -0.25) is 9.59 Å². The Morgan fingerprint density at radius 3 is 2.17 bits per heavy atom. The van der Waals surface area contributed by atoms with E-state index in [1.54, 1.807) is 0 Å². The van der Waals surface area contributed by atoms with Crippen LogP contribution in [0.3, 0.4) is 0 Å². The van der Waals surface area contributed by atoms with Crippen molar-refractivity contribution in [3.8, 4) is 0 Å². The summed E-state index contributed by atoms with van der Waals surface area (Å²) >= 11 is 0. The molecule has 5 nitrogen and oxygen atoms in total. The number of carbonyl (C=O) groups excluding carboxylic acids is 2. The van der Waals surface area contributed by atoms with Crippen LogP contribution in [0.15, 0.2) is 0 Å². The molecule has 1 rings (SSSR count). The van der Waals surface area contributed by atoms with Gasteiger partial charge in [-0.15, -0.1) is 0 Å². The number of hydrogen-bond donors (Lipinski definition) is 3. The van der Waals surface area contributed by atoms with Crippen LogP contribution < -0.4 is 10.6 Å². The molecule has 1 unspecified atom stereocenters. The van der Waals surface area contributed by atoms with Crippen molar-refractivity contribution in [3.63, 3.8) is 0 Å². The molecule has 0 saturated heterocycles. The van der Waals surface area contributed by atoms with Gasteiger partial charge in [0.05, 0.1) is 6.10 Å². The van der Waals surface area contributed by atoms with Gasteiger partial charge in [-0.05, 0) is 31.6 Å². The summed E-state index contributed by atoms with van der Waals surface area (Å²) < 4.78 is 0. The first-order valence-corrected chi connectivity index (χ1v) is 6.65. The van der Waals surface area contributed by atoms with E-state index >= 15 is 0 Å². The molecule has 1 aliphatic rings. The second-order valence-corrected chi connectivity index (χ2v) is 5.44. The van der Waals surface area contributed by atoms with Crippen molar-refractivity contribution in [1.29, 1.82) is 0 Å². The highest BCUT2D eigenvalue weighted by Gasteiger charge is 2.27. The first-order valence-electron chi connectivity index (χ1n) is 6.65. The Bertz CT molecular complexity index is 297. The molecule has 1 fully saturated rings. The van der Waals surface area contributed by atoms with Crippen LogP contribution in [0.25, 0.3) is 0 Å². The van der Waals surface area contributed by atoms with Gasteiger partial charge < -0.3 is 15.7 Å². The van der Waals surface area contributed by atoms with Crippen LogP contribution in [0, 0.1) is 5.92 Å². The van der Waals surface area contributed by atoms with Gasteiger partial charge in [0, 0.05) is 13.0 Å². The minimum Gasteiger partial charge on any atom is -0.393 e. The number of rotatable bonds is 4. The third kappa shape index (κ3) is 4.64. The van der Waals surface area contributed by atoms with E-state index in [1.165, 1.54) is 6.92 Å². The van der Waals surface area contributed by atoms with Crippen LogP contribution in [0.1, 0.15) is 46.5 Å². The summed E-state index contributed by atoms with van der Waals surface area (Å²) in [5.41, 5.74) is 0. The normalized spacial score (nSPS) is 25.6. The van der Waals surface area contributed by atoms with E-state index in [1.807, 2.05) is 13.8 Å². The Hall–Kier alpha value is -1.10. The molecular weight excluding hydrogens is 232 g/mol. The molecule has 1 atom stereocenters. The van der Waals surface area contributed by atoms with Crippen molar-refractivity contribution >= 4 is 11.8 Å². The number of amides is 2. The molecule has 0 aromatic carbocycles. The molecule has 5 heteroatoms. The van der Waals surface area contributed by atoms with Gasteiger partial charge in [0.2, 0.25) is 11.8 Å². The predicted octanol–water partition coefficient (Wildman–Crippen LogP) is 0.567. The third-order valence-electron chi connectivity index (χ3n) is 3.35. The average molecular weight is 256 g/mol. The summed E-state index contributed by atoms with van der Waals surface area (Å²) in [6.45, 7) is 5.23. The van der Waals surface area contributed by atoms with E-state index < -0.39 is 6.04 Å². The van der Waals surface area contributed by atoms with Gasteiger partial charge >= 0.3 is 0 Å². The molecule has 1 saturated carbocycles. The molecule has 0 aromatic rings. The first-order chi connectivity index (χ1) is 8.40. The average Bonchev–Trinajstić information content (AvgIpc) is 2.28. The van der Waals surface area contributed by atoms with Crippen molar-refractivity contribution in [3.05, 3.63) is 0 Å². The van der Waals surface area contributed by atoms with E-state index in [0.717, 1.165) is 25.7 Å². The molecule has 2 amide bonds. The van der Waals surface area contributed by atoms with Crippen molar-refractivity contribution in [2.75, 3.05) is 0 Å². The number of carbonyl (C=O) groups is 2. The molecule has 0 heterocycles. The molecule has 0 radical (unpaired) electrons.